The summed E-state index contributed by atoms with van der Waals surface area (Å²) in [6.45, 7) is 2.23. The first-order chi connectivity index (χ1) is 10.6. The molecule has 1 amide bonds. The van der Waals surface area contributed by atoms with Crippen molar-refractivity contribution in [2.24, 2.45) is 5.92 Å². The maximum atomic E-state index is 12.5. The molecule has 2 heterocycles. The van der Waals surface area contributed by atoms with E-state index in [0.29, 0.717) is 12.2 Å². The highest BCUT2D eigenvalue weighted by molar-refractivity contribution is 5.93. The van der Waals surface area contributed by atoms with E-state index in [2.05, 4.69) is 4.98 Å². The van der Waals surface area contributed by atoms with Gasteiger partial charge in [-0.1, -0.05) is 30.3 Å². The van der Waals surface area contributed by atoms with Gasteiger partial charge in [0.15, 0.2) is 6.39 Å². The summed E-state index contributed by atoms with van der Waals surface area (Å²) in [5, 5.41) is 9.46. The number of nitrogens with zero attached hydrogens (tertiary/aromatic N) is 2. The van der Waals surface area contributed by atoms with Crippen LogP contribution in [-0.4, -0.2) is 40.0 Å². The molecule has 22 heavy (non-hydrogen) atoms. The van der Waals surface area contributed by atoms with Gasteiger partial charge in [0.1, 0.15) is 0 Å². The van der Waals surface area contributed by atoms with Crippen LogP contribution in [0.15, 0.2) is 41.1 Å². The molecule has 0 aliphatic carbocycles. The summed E-state index contributed by atoms with van der Waals surface area (Å²) in [7, 11) is 0. The standard InChI is InChI=1S/C16H16N2O4/c1-10-14(22-9-17-10)15(19)18-7-12(13(8-18)16(20)21)11-5-3-2-4-6-11/h2-6,9,12-13H,7-8H2,1H3,(H,20,21)/t12-,13-/m0/s1. The summed E-state index contributed by atoms with van der Waals surface area (Å²) in [5.41, 5.74) is 1.44. The minimum absolute atomic E-state index is 0.174. The van der Waals surface area contributed by atoms with Crippen LogP contribution in [0.2, 0.25) is 0 Å². The maximum absolute atomic E-state index is 12.5. The van der Waals surface area contributed by atoms with Gasteiger partial charge in [-0.2, -0.15) is 0 Å². The van der Waals surface area contributed by atoms with Crippen LogP contribution in [0.1, 0.15) is 27.7 Å². The van der Waals surface area contributed by atoms with Crippen LogP contribution in [0.4, 0.5) is 0 Å². The smallest absolute Gasteiger partial charge is 0.308 e. The van der Waals surface area contributed by atoms with E-state index in [9.17, 15) is 14.7 Å². The van der Waals surface area contributed by atoms with Crippen molar-refractivity contribution in [2.45, 2.75) is 12.8 Å². The molecule has 0 radical (unpaired) electrons. The SMILES string of the molecule is Cc1ncoc1C(=O)N1C[C@H](C(=O)O)[C@H](c2ccccc2)C1. The molecule has 1 N–H and O–H groups in total. The van der Waals surface area contributed by atoms with Gasteiger partial charge >= 0.3 is 5.97 Å². The third-order valence-corrected chi connectivity index (χ3v) is 4.09. The lowest BCUT2D eigenvalue weighted by molar-refractivity contribution is -0.141. The van der Waals surface area contributed by atoms with Crippen LogP contribution in [0.5, 0.6) is 0 Å². The lowest BCUT2D eigenvalue weighted by Gasteiger charge is -2.15. The second-order valence-electron chi connectivity index (χ2n) is 5.44. The van der Waals surface area contributed by atoms with E-state index in [1.54, 1.807) is 6.92 Å². The van der Waals surface area contributed by atoms with Crippen molar-refractivity contribution < 1.29 is 19.1 Å². The molecular weight excluding hydrogens is 284 g/mol. The predicted molar refractivity (Wildman–Crippen MR) is 77.5 cm³/mol. The predicted octanol–water partition coefficient (Wildman–Crippen LogP) is 1.92. The highest BCUT2D eigenvalue weighted by Crippen LogP contribution is 2.33. The largest absolute Gasteiger partial charge is 0.481 e. The van der Waals surface area contributed by atoms with E-state index in [0.717, 1.165) is 5.56 Å². The normalized spacial score (nSPS) is 21.0. The second kappa shape index (κ2) is 5.63. The molecule has 1 aromatic carbocycles. The molecule has 6 nitrogen and oxygen atoms in total. The zero-order chi connectivity index (χ0) is 15.7. The lowest BCUT2D eigenvalue weighted by atomic mass is 9.89. The molecule has 0 unspecified atom stereocenters. The minimum atomic E-state index is -0.890. The Morgan fingerprint density at radius 2 is 2.00 bits per heavy atom. The fourth-order valence-electron chi connectivity index (χ4n) is 2.91. The van der Waals surface area contributed by atoms with E-state index in [4.69, 9.17) is 4.42 Å². The van der Waals surface area contributed by atoms with Gasteiger partial charge in [0.25, 0.3) is 5.91 Å². The summed E-state index contributed by atoms with van der Waals surface area (Å²) in [4.78, 5) is 29.4. The summed E-state index contributed by atoms with van der Waals surface area (Å²) >= 11 is 0. The fourth-order valence-corrected chi connectivity index (χ4v) is 2.91. The molecule has 0 spiro atoms. The van der Waals surface area contributed by atoms with Crippen LogP contribution in [0.3, 0.4) is 0 Å². The van der Waals surface area contributed by atoms with E-state index in [-0.39, 0.29) is 24.1 Å². The van der Waals surface area contributed by atoms with E-state index in [1.165, 1.54) is 11.3 Å². The zero-order valence-corrected chi connectivity index (χ0v) is 12.1. The van der Waals surface area contributed by atoms with Gasteiger partial charge in [-0.15, -0.1) is 0 Å². The van der Waals surface area contributed by atoms with Crippen LogP contribution >= 0.6 is 0 Å². The summed E-state index contributed by atoms with van der Waals surface area (Å²) in [6.07, 6.45) is 1.22. The number of hydrogen-bond donors (Lipinski definition) is 1. The number of benzene rings is 1. The quantitative estimate of drug-likeness (QED) is 0.936. The third kappa shape index (κ3) is 2.47. The summed E-state index contributed by atoms with van der Waals surface area (Å²) in [5.74, 6) is -1.85. The van der Waals surface area contributed by atoms with Crippen molar-refractivity contribution >= 4 is 11.9 Å². The molecule has 1 aliphatic rings. The Kier molecular flexibility index (Phi) is 3.66. The van der Waals surface area contributed by atoms with Crippen molar-refractivity contribution in [3.8, 4) is 0 Å². The number of rotatable bonds is 3. The fraction of sp³-hybridized carbons (Fsp3) is 0.312. The van der Waals surface area contributed by atoms with Crippen molar-refractivity contribution in [3.05, 3.63) is 53.7 Å². The molecular formula is C16H16N2O4. The molecule has 1 aromatic heterocycles. The second-order valence-corrected chi connectivity index (χ2v) is 5.44. The first kappa shape index (κ1) is 14.3. The zero-order valence-electron chi connectivity index (χ0n) is 12.1. The van der Waals surface area contributed by atoms with Crippen LogP contribution in [-0.2, 0) is 4.79 Å². The summed E-state index contributed by atoms with van der Waals surface area (Å²) < 4.78 is 5.13. The number of aliphatic carboxylic acids is 1. The molecule has 114 valence electrons. The van der Waals surface area contributed by atoms with Gasteiger partial charge in [0.2, 0.25) is 5.76 Å². The highest BCUT2D eigenvalue weighted by Gasteiger charge is 2.41. The van der Waals surface area contributed by atoms with Gasteiger partial charge in [0, 0.05) is 19.0 Å². The Bertz CT molecular complexity index is 695. The molecule has 1 fully saturated rings. The Labute approximate surface area is 127 Å². The molecule has 0 bridgehead atoms. The molecule has 0 saturated carbocycles. The van der Waals surface area contributed by atoms with Gasteiger partial charge < -0.3 is 14.4 Å². The van der Waals surface area contributed by atoms with Crippen molar-refractivity contribution in [1.82, 2.24) is 9.88 Å². The van der Waals surface area contributed by atoms with Gasteiger partial charge in [-0.25, -0.2) is 4.98 Å². The van der Waals surface area contributed by atoms with Gasteiger partial charge in [-0.3, -0.25) is 9.59 Å². The van der Waals surface area contributed by atoms with Crippen LogP contribution < -0.4 is 0 Å². The Balaban J connectivity index is 1.86. The number of hydrogen-bond acceptors (Lipinski definition) is 4. The highest BCUT2D eigenvalue weighted by atomic mass is 16.4. The topological polar surface area (TPSA) is 83.6 Å². The van der Waals surface area contributed by atoms with E-state index in [1.807, 2.05) is 30.3 Å². The molecule has 6 heteroatoms. The number of carbonyl (C=O) groups excluding carboxylic acids is 1. The minimum Gasteiger partial charge on any atom is -0.481 e. The van der Waals surface area contributed by atoms with Crippen molar-refractivity contribution in [2.75, 3.05) is 13.1 Å². The number of carbonyl (C=O) groups is 2. The number of likely N-dealkylation sites (tertiary alicyclic amines) is 1. The van der Waals surface area contributed by atoms with Crippen molar-refractivity contribution in [3.63, 3.8) is 0 Å². The van der Waals surface area contributed by atoms with Crippen LogP contribution in [0.25, 0.3) is 0 Å². The molecule has 2 aromatic rings. The maximum Gasteiger partial charge on any atom is 0.308 e. The first-order valence-corrected chi connectivity index (χ1v) is 7.05. The Hall–Kier alpha value is -2.63. The number of carboxylic acids is 1. The van der Waals surface area contributed by atoms with Crippen molar-refractivity contribution in [1.29, 1.82) is 0 Å². The molecule has 2 atom stereocenters. The van der Waals surface area contributed by atoms with E-state index >= 15 is 0 Å². The average molecular weight is 300 g/mol. The first-order valence-electron chi connectivity index (χ1n) is 7.05. The Morgan fingerprint density at radius 1 is 1.27 bits per heavy atom. The van der Waals surface area contributed by atoms with Gasteiger partial charge in [-0.05, 0) is 12.5 Å². The van der Waals surface area contributed by atoms with Crippen LogP contribution in [0, 0.1) is 12.8 Å². The lowest BCUT2D eigenvalue weighted by Crippen LogP contribution is -2.30. The molecule has 1 saturated heterocycles. The number of aryl methyl sites for hydroxylation is 1. The monoisotopic (exact) mass is 300 g/mol. The van der Waals surface area contributed by atoms with E-state index < -0.39 is 11.9 Å². The number of aromatic nitrogens is 1. The number of oxazole rings is 1. The number of carboxylic acid groups (broad SMARTS) is 1. The summed E-state index contributed by atoms with van der Waals surface area (Å²) in [6, 6.07) is 9.43. The molecule has 3 rings (SSSR count). The number of amides is 1. The molecule has 1 aliphatic heterocycles. The average Bonchev–Trinajstić information content (AvgIpc) is 3.14. The van der Waals surface area contributed by atoms with Gasteiger partial charge in [0.05, 0.1) is 11.6 Å². The third-order valence-electron chi connectivity index (χ3n) is 4.09. The Morgan fingerprint density at radius 3 is 2.59 bits per heavy atom.